The lowest BCUT2D eigenvalue weighted by atomic mass is 9.90. The molecule has 2 heterocycles. The highest BCUT2D eigenvalue weighted by atomic mass is 32.2. The quantitative estimate of drug-likeness (QED) is 0.903. The third-order valence-corrected chi connectivity index (χ3v) is 6.42. The Hall–Kier alpha value is -0.850. The maximum Gasteiger partial charge on any atom is 0.244 e. The average molecular weight is 313 g/mol. The highest BCUT2D eigenvalue weighted by Crippen LogP contribution is 2.28. The molecule has 1 aliphatic heterocycles. The second-order valence-corrected chi connectivity index (χ2v) is 8.03. The molecule has 1 N–H and O–H groups in total. The molecule has 1 aliphatic rings. The summed E-state index contributed by atoms with van der Waals surface area (Å²) in [5, 5.41) is 3.09. The van der Waals surface area contributed by atoms with Crippen LogP contribution in [0.15, 0.2) is 17.2 Å². The first kappa shape index (κ1) is 16.5. The van der Waals surface area contributed by atoms with E-state index in [1.54, 1.807) is 16.6 Å². The smallest absolute Gasteiger partial charge is 0.244 e. The molecule has 0 spiro atoms. The van der Waals surface area contributed by atoms with Crippen LogP contribution in [0.5, 0.6) is 0 Å². The van der Waals surface area contributed by atoms with Gasteiger partial charge in [-0.3, -0.25) is 0 Å². The summed E-state index contributed by atoms with van der Waals surface area (Å²) in [6.07, 6.45) is 2.71. The number of piperidine rings is 1. The molecule has 2 atom stereocenters. The molecule has 2 rings (SSSR count). The minimum atomic E-state index is -3.36. The van der Waals surface area contributed by atoms with Gasteiger partial charge < -0.3 is 9.88 Å². The van der Waals surface area contributed by atoms with E-state index in [2.05, 4.69) is 19.2 Å². The van der Waals surface area contributed by atoms with Crippen molar-refractivity contribution in [1.29, 1.82) is 0 Å². The van der Waals surface area contributed by atoms with Gasteiger partial charge in [-0.1, -0.05) is 13.8 Å². The first-order chi connectivity index (χ1) is 9.90. The fourth-order valence-electron chi connectivity index (χ4n) is 2.88. The number of sulfonamides is 1. The molecule has 1 aromatic heterocycles. The van der Waals surface area contributed by atoms with Crippen LogP contribution in [-0.2, 0) is 23.1 Å². The van der Waals surface area contributed by atoms with Crippen molar-refractivity contribution in [1.82, 2.24) is 14.2 Å². The van der Waals surface area contributed by atoms with Crippen LogP contribution in [0.3, 0.4) is 0 Å². The highest BCUT2D eigenvalue weighted by Gasteiger charge is 2.32. The van der Waals surface area contributed by atoms with Crippen molar-refractivity contribution in [2.45, 2.75) is 45.2 Å². The molecule has 6 heteroatoms. The van der Waals surface area contributed by atoms with Crippen LogP contribution in [-0.4, -0.2) is 37.4 Å². The number of hydrogen-bond acceptors (Lipinski definition) is 3. The third-order valence-electron chi connectivity index (χ3n) is 4.59. The predicted molar refractivity (Wildman–Crippen MR) is 84.6 cm³/mol. The summed E-state index contributed by atoms with van der Waals surface area (Å²) in [5.74, 6) is 1.01. The zero-order chi connectivity index (χ0) is 15.6. The van der Waals surface area contributed by atoms with Crippen molar-refractivity contribution in [3.8, 4) is 0 Å². The number of aryl methyl sites for hydroxylation is 1. The normalized spacial score (nSPS) is 24.4. The second kappa shape index (κ2) is 6.50. The Bertz CT molecular complexity index is 580. The zero-order valence-electron chi connectivity index (χ0n) is 13.5. The number of nitrogens with one attached hydrogen (secondary N) is 1. The largest absolute Gasteiger partial charge is 0.349 e. The van der Waals surface area contributed by atoms with Gasteiger partial charge in [0.15, 0.2) is 0 Å². The van der Waals surface area contributed by atoms with Gasteiger partial charge in [-0.25, -0.2) is 8.42 Å². The Labute approximate surface area is 128 Å². The number of aromatic nitrogens is 1. The van der Waals surface area contributed by atoms with Crippen LogP contribution in [0.1, 0.15) is 32.9 Å². The number of hydrogen-bond donors (Lipinski definition) is 1. The van der Waals surface area contributed by atoms with Crippen molar-refractivity contribution in [2.75, 3.05) is 20.1 Å². The Morgan fingerprint density at radius 2 is 2.05 bits per heavy atom. The monoisotopic (exact) mass is 313 g/mol. The molecular weight excluding hydrogens is 286 g/mol. The number of rotatable bonds is 5. The highest BCUT2D eigenvalue weighted by molar-refractivity contribution is 7.89. The minimum absolute atomic E-state index is 0.415. The summed E-state index contributed by atoms with van der Waals surface area (Å²) in [6, 6.07) is 1.80. The molecule has 120 valence electrons. The van der Waals surface area contributed by atoms with E-state index in [4.69, 9.17) is 0 Å². The van der Waals surface area contributed by atoms with Crippen molar-refractivity contribution in [3.05, 3.63) is 18.0 Å². The topological polar surface area (TPSA) is 54.3 Å². The Kier molecular flexibility index (Phi) is 5.11. The number of nitrogens with zero attached hydrogens (tertiary/aromatic N) is 2. The van der Waals surface area contributed by atoms with Crippen LogP contribution in [0, 0.1) is 11.8 Å². The van der Waals surface area contributed by atoms with Gasteiger partial charge in [0.2, 0.25) is 10.0 Å². The van der Waals surface area contributed by atoms with Crippen LogP contribution < -0.4 is 5.32 Å². The summed E-state index contributed by atoms with van der Waals surface area (Å²) < 4.78 is 29.3. The SMILES string of the molecule is CCn1cc(S(=O)(=O)N2CCC(C)C(C)C2)cc1CNC. The van der Waals surface area contributed by atoms with Gasteiger partial charge in [0.25, 0.3) is 0 Å². The predicted octanol–water partition coefficient (Wildman–Crippen LogP) is 1.89. The van der Waals surface area contributed by atoms with Crippen LogP contribution in [0.4, 0.5) is 0 Å². The van der Waals surface area contributed by atoms with Crippen molar-refractivity contribution in [2.24, 2.45) is 11.8 Å². The molecule has 0 bridgehead atoms. The van der Waals surface area contributed by atoms with E-state index in [-0.39, 0.29) is 0 Å². The van der Waals surface area contributed by atoms with Gasteiger partial charge in [-0.15, -0.1) is 0 Å². The van der Waals surface area contributed by atoms with Crippen LogP contribution >= 0.6 is 0 Å². The summed E-state index contributed by atoms with van der Waals surface area (Å²) in [7, 11) is -1.49. The first-order valence-electron chi connectivity index (χ1n) is 7.74. The zero-order valence-corrected chi connectivity index (χ0v) is 14.3. The lowest BCUT2D eigenvalue weighted by Gasteiger charge is -2.34. The van der Waals surface area contributed by atoms with Crippen LogP contribution in [0.25, 0.3) is 0 Å². The van der Waals surface area contributed by atoms with Gasteiger partial charge in [0, 0.05) is 38.1 Å². The summed E-state index contributed by atoms with van der Waals surface area (Å²) >= 11 is 0. The third kappa shape index (κ3) is 3.33. The molecule has 0 saturated carbocycles. The van der Waals surface area contributed by atoms with Gasteiger partial charge >= 0.3 is 0 Å². The standard InChI is InChI=1S/C15H27N3O2S/c1-5-17-11-15(8-14(17)9-16-4)21(19,20)18-7-6-12(2)13(3)10-18/h8,11-13,16H,5-7,9-10H2,1-4H3. The van der Waals surface area contributed by atoms with E-state index in [9.17, 15) is 8.42 Å². The summed E-state index contributed by atoms with van der Waals surface area (Å²) in [5.41, 5.74) is 1.01. The molecule has 5 nitrogen and oxygen atoms in total. The van der Waals surface area contributed by atoms with Gasteiger partial charge in [-0.05, 0) is 38.3 Å². The minimum Gasteiger partial charge on any atom is -0.349 e. The van der Waals surface area contributed by atoms with Gasteiger partial charge in [-0.2, -0.15) is 4.31 Å². The Balaban J connectivity index is 2.27. The average Bonchev–Trinajstić information content (AvgIpc) is 2.86. The molecule has 0 amide bonds. The molecule has 21 heavy (non-hydrogen) atoms. The molecule has 2 unspecified atom stereocenters. The fraction of sp³-hybridized carbons (Fsp3) is 0.733. The maximum absolute atomic E-state index is 12.8. The summed E-state index contributed by atoms with van der Waals surface area (Å²) in [4.78, 5) is 0.427. The molecule has 1 fully saturated rings. The van der Waals surface area contributed by atoms with E-state index >= 15 is 0 Å². The van der Waals surface area contributed by atoms with Gasteiger partial charge in [0.05, 0.1) is 0 Å². The van der Waals surface area contributed by atoms with E-state index < -0.39 is 10.0 Å². The Morgan fingerprint density at radius 3 is 2.62 bits per heavy atom. The van der Waals surface area contributed by atoms with E-state index in [0.717, 1.165) is 18.7 Å². The Morgan fingerprint density at radius 1 is 1.33 bits per heavy atom. The van der Waals surface area contributed by atoms with E-state index in [0.29, 0.717) is 36.4 Å². The molecular formula is C15H27N3O2S. The molecule has 1 aromatic rings. The second-order valence-electron chi connectivity index (χ2n) is 6.09. The first-order valence-corrected chi connectivity index (χ1v) is 9.18. The van der Waals surface area contributed by atoms with Crippen molar-refractivity contribution in [3.63, 3.8) is 0 Å². The van der Waals surface area contributed by atoms with E-state index in [1.165, 1.54) is 0 Å². The van der Waals surface area contributed by atoms with Crippen molar-refractivity contribution >= 4 is 10.0 Å². The molecule has 0 aliphatic carbocycles. The fourth-order valence-corrected chi connectivity index (χ4v) is 4.50. The lowest BCUT2D eigenvalue weighted by Crippen LogP contribution is -2.42. The summed E-state index contributed by atoms with van der Waals surface area (Å²) in [6.45, 7) is 9.08. The lowest BCUT2D eigenvalue weighted by molar-refractivity contribution is 0.212. The van der Waals surface area contributed by atoms with E-state index in [1.807, 2.05) is 18.5 Å². The molecule has 1 saturated heterocycles. The van der Waals surface area contributed by atoms with Gasteiger partial charge in [0.1, 0.15) is 4.90 Å². The molecule has 0 radical (unpaired) electrons. The maximum atomic E-state index is 12.8. The molecule has 0 aromatic carbocycles. The van der Waals surface area contributed by atoms with Crippen LogP contribution in [0.2, 0.25) is 0 Å². The van der Waals surface area contributed by atoms with Crippen molar-refractivity contribution < 1.29 is 8.42 Å².